The predicted octanol–water partition coefficient (Wildman–Crippen LogP) is 2.78. The molecule has 2 atom stereocenters. The van der Waals surface area contributed by atoms with E-state index in [1.54, 1.807) is 0 Å². The van der Waals surface area contributed by atoms with Crippen LogP contribution in [0.4, 0.5) is 0 Å². The summed E-state index contributed by atoms with van der Waals surface area (Å²) in [6.45, 7) is 6.53. The number of carbonyl (C=O) groups excluding carboxylic acids is 2. The standard InChI is InChI=1S/C23H37N3O2/c1-22(2)14-25(7-5-19(22)24)20(27)18-4-3-6-26(18)21(28)23-11-15-8-16(12-23)10-17(9-15)13-23/h15-19H,3-14,24H2,1-2H3. The Hall–Kier alpha value is -1.10. The summed E-state index contributed by atoms with van der Waals surface area (Å²) in [5.41, 5.74) is 6.08. The molecule has 4 saturated carbocycles. The smallest absolute Gasteiger partial charge is 0.245 e. The van der Waals surface area contributed by atoms with Gasteiger partial charge in [-0.1, -0.05) is 13.8 Å². The van der Waals surface area contributed by atoms with E-state index in [4.69, 9.17) is 5.73 Å². The van der Waals surface area contributed by atoms with E-state index in [0.717, 1.165) is 69.4 Å². The Kier molecular flexibility index (Phi) is 4.35. The first-order valence-corrected chi connectivity index (χ1v) is 11.6. The fourth-order valence-electron chi connectivity index (χ4n) is 7.72. The highest BCUT2D eigenvalue weighted by Gasteiger charge is 2.57. The van der Waals surface area contributed by atoms with Gasteiger partial charge in [-0.25, -0.2) is 0 Å². The third-order valence-corrected chi connectivity index (χ3v) is 8.91. The zero-order valence-corrected chi connectivity index (χ0v) is 17.7. The van der Waals surface area contributed by atoms with Crippen LogP contribution >= 0.6 is 0 Å². The molecule has 2 heterocycles. The summed E-state index contributed by atoms with van der Waals surface area (Å²) in [7, 11) is 0. The summed E-state index contributed by atoms with van der Waals surface area (Å²) in [4.78, 5) is 31.2. The number of hydrogen-bond donors (Lipinski definition) is 1. The molecule has 0 aromatic carbocycles. The number of likely N-dealkylation sites (tertiary alicyclic amines) is 2. The molecule has 6 aliphatic rings. The highest BCUT2D eigenvalue weighted by Crippen LogP contribution is 2.60. The summed E-state index contributed by atoms with van der Waals surface area (Å²) >= 11 is 0. The van der Waals surface area contributed by atoms with Crippen LogP contribution in [-0.4, -0.2) is 53.3 Å². The Morgan fingerprint density at radius 3 is 2.11 bits per heavy atom. The SMILES string of the molecule is CC1(C)CN(C(=O)C2CCCN2C(=O)C23CC4CC(CC(C4)C2)C3)CCC1N. The average molecular weight is 388 g/mol. The Bertz CT molecular complexity index is 637. The van der Waals surface area contributed by atoms with Crippen LogP contribution in [0.3, 0.4) is 0 Å². The molecular weight excluding hydrogens is 350 g/mol. The van der Waals surface area contributed by atoms with Gasteiger partial charge in [0.2, 0.25) is 11.8 Å². The summed E-state index contributed by atoms with van der Waals surface area (Å²) in [5, 5.41) is 0. The molecule has 28 heavy (non-hydrogen) atoms. The van der Waals surface area contributed by atoms with Gasteiger partial charge in [0.15, 0.2) is 0 Å². The summed E-state index contributed by atoms with van der Waals surface area (Å²) < 4.78 is 0. The predicted molar refractivity (Wildman–Crippen MR) is 108 cm³/mol. The molecule has 2 saturated heterocycles. The molecule has 4 bridgehead atoms. The minimum atomic E-state index is -0.231. The number of carbonyl (C=O) groups is 2. The molecule has 0 aromatic heterocycles. The van der Waals surface area contributed by atoms with E-state index in [9.17, 15) is 9.59 Å². The van der Waals surface area contributed by atoms with Crippen molar-refractivity contribution in [2.45, 2.75) is 83.7 Å². The molecule has 2 unspecified atom stereocenters. The zero-order valence-electron chi connectivity index (χ0n) is 17.7. The van der Waals surface area contributed by atoms with Crippen molar-refractivity contribution in [1.29, 1.82) is 0 Å². The fraction of sp³-hybridized carbons (Fsp3) is 0.913. The minimum absolute atomic E-state index is 0.0543. The van der Waals surface area contributed by atoms with Crippen molar-refractivity contribution in [3.05, 3.63) is 0 Å². The van der Waals surface area contributed by atoms with Gasteiger partial charge in [-0.3, -0.25) is 9.59 Å². The minimum Gasteiger partial charge on any atom is -0.340 e. The van der Waals surface area contributed by atoms with Gasteiger partial charge in [0, 0.05) is 25.7 Å². The molecule has 0 aromatic rings. The van der Waals surface area contributed by atoms with Gasteiger partial charge < -0.3 is 15.5 Å². The maximum atomic E-state index is 13.8. The van der Waals surface area contributed by atoms with Crippen LogP contribution < -0.4 is 5.73 Å². The Morgan fingerprint density at radius 2 is 1.54 bits per heavy atom. The molecule has 6 rings (SSSR count). The molecule has 6 fully saturated rings. The number of amides is 2. The Labute approximate surface area is 169 Å². The van der Waals surface area contributed by atoms with E-state index in [1.807, 2.05) is 9.80 Å². The molecule has 4 aliphatic carbocycles. The van der Waals surface area contributed by atoms with E-state index in [-0.39, 0.29) is 28.8 Å². The van der Waals surface area contributed by atoms with E-state index in [2.05, 4.69) is 13.8 Å². The largest absolute Gasteiger partial charge is 0.340 e. The molecule has 0 radical (unpaired) electrons. The molecule has 156 valence electrons. The second-order valence-corrected chi connectivity index (χ2v) is 11.5. The molecule has 5 nitrogen and oxygen atoms in total. The van der Waals surface area contributed by atoms with Crippen molar-refractivity contribution in [3.8, 4) is 0 Å². The molecule has 2 aliphatic heterocycles. The highest BCUT2D eigenvalue weighted by atomic mass is 16.2. The lowest BCUT2D eigenvalue weighted by Crippen LogP contribution is -2.60. The molecular formula is C23H37N3O2. The normalized spacial score (nSPS) is 44.2. The van der Waals surface area contributed by atoms with E-state index in [1.165, 1.54) is 19.3 Å². The lowest BCUT2D eigenvalue weighted by Gasteiger charge is -2.56. The monoisotopic (exact) mass is 387 g/mol. The van der Waals surface area contributed by atoms with Crippen molar-refractivity contribution in [2.24, 2.45) is 34.3 Å². The van der Waals surface area contributed by atoms with Gasteiger partial charge in [0.05, 0.1) is 5.41 Å². The number of nitrogens with two attached hydrogens (primary N) is 1. The van der Waals surface area contributed by atoms with E-state index >= 15 is 0 Å². The first kappa shape index (κ1) is 18.9. The van der Waals surface area contributed by atoms with Crippen LogP contribution in [0.15, 0.2) is 0 Å². The van der Waals surface area contributed by atoms with Crippen LogP contribution in [0.1, 0.15) is 71.6 Å². The number of rotatable bonds is 2. The Morgan fingerprint density at radius 1 is 0.929 bits per heavy atom. The number of nitrogens with zero attached hydrogens (tertiary/aromatic N) is 2. The van der Waals surface area contributed by atoms with Crippen molar-refractivity contribution in [1.82, 2.24) is 9.80 Å². The lowest BCUT2D eigenvalue weighted by molar-refractivity contribution is -0.162. The van der Waals surface area contributed by atoms with E-state index in [0.29, 0.717) is 12.5 Å². The van der Waals surface area contributed by atoms with Gasteiger partial charge in [-0.15, -0.1) is 0 Å². The number of piperidine rings is 1. The zero-order chi connectivity index (χ0) is 19.7. The quantitative estimate of drug-likeness (QED) is 0.792. The second kappa shape index (κ2) is 6.45. The fourth-order valence-corrected chi connectivity index (χ4v) is 7.72. The van der Waals surface area contributed by atoms with Crippen LogP contribution in [0.25, 0.3) is 0 Å². The van der Waals surface area contributed by atoms with Gasteiger partial charge in [-0.2, -0.15) is 0 Å². The van der Waals surface area contributed by atoms with Gasteiger partial charge in [-0.05, 0) is 81.0 Å². The molecule has 0 spiro atoms. The third-order valence-electron chi connectivity index (χ3n) is 8.91. The summed E-state index contributed by atoms with van der Waals surface area (Å²) in [6, 6.07) is -0.0875. The van der Waals surface area contributed by atoms with Crippen molar-refractivity contribution in [3.63, 3.8) is 0 Å². The van der Waals surface area contributed by atoms with Crippen LogP contribution in [-0.2, 0) is 9.59 Å². The number of hydrogen-bond acceptors (Lipinski definition) is 3. The summed E-state index contributed by atoms with van der Waals surface area (Å²) in [6.07, 6.45) is 9.94. The highest BCUT2D eigenvalue weighted by molar-refractivity contribution is 5.91. The second-order valence-electron chi connectivity index (χ2n) is 11.5. The third kappa shape index (κ3) is 2.91. The van der Waals surface area contributed by atoms with Crippen molar-refractivity contribution >= 4 is 11.8 Å². The summed E-state index contributed by atoms with van der Waals surface area (Å²) in [5.74, 6) is 2.79. The maximum Gasteiger partial charge on any atom is 0.245 e. The van der Waals surface area contributed by atoms with Crippen LogP contribution in [0.5, 0.6) is 0 Å². The molecule has 2 amide bonds. The van der Waals surface area contributed by atoms with Crippen molar-refractivity contribution in [2.75, 3.05) is 19.6 Å². The topological polar surface area (TPSA) is 66.6 Å². The average Bonchev–Trinajstić information content (AvgIpc) is 3.11. The van der Waals surface area contributed by atoms with E-state index < -0.39 is 0 Å². The van der Waals surface area contributed by atoms with Crippen LogP contribution in [0, 0.1) is 28.6 Å². The lowest BCUT2D eigenvalue weighted by atomic mass is 9.49. The maximum absolute atomic E-state index is 13.8. The first-order valence-electron chi connectivity index (χ1n) is 11.6. The molecule has 2 N–H and O–H groups in total. The van der Waals surface area contributed by atoms with Gasteiger partial charge in [0.25, 0.3) is 0 Å². The van der Waals surface area contributed by atoms with Crippen LogP contribution in [0.2, 0.25) is 0 Å². The van der Waals surface area contributed by atoms with Gasteiger partial charge >= 0.3 is 0 Å². The Balaban J connectivity index is 1.33. The molecule has 5 heteroatoms. The first-order chi connectivity index (χ1) is 13.3. The van der Waals surface area contributed by atoms with Gasteiger partial charge in [0.1, 0.15) is 6.04 Å². The van der Waals surface area contributed by atoms with Crippen molar-refractivity contribution < 1.29 is 9.59 Å².